The smallest absolute Gasteiger partial charge is 0.220 e. The first kappa shape index (κ1) is 15.4. The third-order valence-electron chi connectivity index (χ3n) is 3.86. The molecule has 0 bridgehead atoms. The number of carbonyl (C=O) groups excluding carboxylic acids is 1. The Labute approximate surface area is 109 Å². The number of aliphatic hydroxyl groups excluding tert-OH is 1. The second-order valence-corrected chi connectivity index (χ2v) is 7.40. The summed E-state index contributed by atoms with van der Waals surface area (Å²) in [5.41, 5.74) is -0.561. The highest BCUT2D eigenvalue weighted by Gasteiger charge is 2.32. The fourth-order valence-electron chi connectivity index (χ4n) is 2.33. The molecule has 1 heterocycles. The molecule has 0 aromatic rings. The number of rotatable bonds is 6. The van der Waals surface area contributed by atoms with Crippen LogP contribution < -0.4 is 5.32 Å². The van der Waals surface area contributed by atoms with Gasteiger partial charge in [0.1, 0.15) is 0 Å². The van der Waals surface area contributed by atoms with Crippen molar-refractivity contribution < 1.29 is 18.3 Å². The van der Waals surface area contributed by atoms with Gasteiger partial charge in [0.05, 0.1) is 23.7 Å². The minimum absolute atomic E-state index is 0.0693. The van der Waals surface area contributed by atoms with Crippen LogP contribution in [0.2, 0.25) is 0 Å². The lowest BCUT2D eigenvalue weighted by Gasteiger charge is -2.31. The van der Waals surface area contributed by atoms with Gasteiger partial charge in [-0.3, -0.25) is 4.79 Å². The summed E-state index contributed by atoms with van der Waals surface area (Å²) in [4.78, 5) is 11.9. The van der Waals surface area contributed by atoms with Crippen molar-refractivity contribution in [3.63, 3.8) is 0 Å². The van der Waals surface area contributed by atoms with Crippen LogP contribution in [0.3, 0.4) is 0 Å². The van der Waals surface area contributed by atoms with Gasteiger partial charge in [-0.2, -0.15) is 0 Å². The van der Waals surface area contributed by atoms with E-state index in [4.69, 9.17) is 0 Å². The van der Waals surface area contributed by atoms with Gasteiger partial charge in [-0.1, -0.05) is 13.8 Å². The summed E-state index contributed by atoms with van der Waals surface area (Å²) < 4.78 is 22.6. The van der Waals surface area contributed by atoms with Crippen molar-refractivity contribution >= 4 is 15.7 Å². The summed E-state index contributed by atoms with van der Waals surface area (Å²) >= 11 is 0. The quantitative estimate of drug-likeness (QED) is 0.739. The molecule has 18 heavy (non-hydrogen) atoms. The highest BCUT2D eigenvalue weighted by Crippen LogP contribution is 2.22. The molecule has 1 aliphatic rings. The lowest BCUT2D eigenvalue weighted by molar-refractivity contribution is -0.124. The van der Waals surface area contributed by atoms with E-state index in [-0.39, 0.29) is 36.4 Å². The van der Waals surface area contributed by atoms with Crippen LogP contribution in [0.1, 0.15) is 39.5 Å². The van der Waals surface area contributed by atoms with Gasteiger partial charge in [0.25, 0.3) is 0 Å². The van der Waals surface area contributed by atoms with Crippen molar-refractivity contribution in [1.82, 2.24) is 5.32 Å². The van der Waals surface area contributed by atoms with Crippen LogP contribution in [0, 0.1) is 5.92 Å². The molecule has 0 radical (unpaired) electrons. The lowest BCUT2D eigenvalue weighted by atomic mass is 9.93. The first-order chi connectivity index (χ1) is 8.36. The van der Waals surface area contributed by atoms with Gasteiger partial charge in [0, 0.05) is 6.42 Å². The number of sulfone groups is 1. The molecular weight excluding hydrogens is 254 g/mol. The average Bonchev–Trinajstić information content (AvgIpc) is 2.65. The van der Waals surface area contributed by atoms with Crippen LogP contribution in [0.25, 0.3) is 0 Å². The summed E-state index contributed by atoms with van der Waals surface area (Å²) in [6.45, 7) is 3.74. The minimum atomic E-state index is -2.93. The number of carbonyl (C=O) groups is 1. The second-order valence-electron chi connectivity index (χ2n) is 5.17. The van der Waals surface area contributed by atoms with Gasteiger partial charge in [-0.05, 0) is 25.2 Å². The molecule has 0 spiro atoms. The summed E-state index contributed by atoms with van der Waals surface area (Å²) in [7, 11) is -2.93. The predicted molar refractivity (Wildman–Crippen MR) is 69.9 cm³/mol. The van der Waals surface area contributed by atoms with E-state index in [0.717, 1.165) is 0 Å². The van der Waals surface area contributed by atoms with Crippen LogP contribution in [-0.2, 0) is 14.6 Å². The van der Waals surface area contributed by atoms with E-state index in [2.05, 4.69) is 5.32 Å². The molecule has 1 fully saturated rings. The maximum Gasteiger partial charge on any atom is 0.220 e. The zero-order valence-electron chi connectivity index (χ0n) is 11.1. The van der Waals surface area contributed by atoms with Gasteiger partial charge >= 0.3 is 0 Å². The molecule has 1 saturated heterocycles. The monoisotopic (exact) mass is 277 g/mol. The molecule has 1 aliphatic heterocycles. The van der Waals surface area contributed by atoms with E-state index >= 15 is 0 Å². The normalized spacial score (nSPS) is 22.9. The molecule has 106 valence electrons. The minimum Gasteiger partial charge on any atom is -0.394 e. The Hall–Kier alpha value is -0.620. The summed E-state index contributed by atoms with van der Waals surface area (Å²) in [5, 5.41) is 12.2. The average molecular weight is 277 g/mol. The predicted octanol–water partition coefficient (Wildman–Crippen LogP) is 0.479. The number of amides is 1. The molecule has 5 nitrogen and oxygen atoms in total. The third kappa shape index (κ3) is 3.95. The van der Waals surface area contributed by atoms with Gasteiger partial charge in [-0.15, -0.1) is 0 Å². The van der Waals surface area contributed by atoms with Gasteiger partial charge in [0.15, 0.2) is 9.84 Å². The molecule has 0 aliphatic carbocycles. The Morgan fingerprint density at radius 2 is 2.00 bits per heavy atom. The van der Waals surface area contributed by atoms with E-state index in [1.807, 2.05) is 13.8 Å². The van der Waals surface area contributed by atoms with E-state index in [9.17, 15) is 18.3 Å². The molecular formula is C12H23NO4S. The van der Waals surface area contributed by atoms with Crippen molar-refractivity contribution in [2.45, 2.75) is 45.1 Å². The third-order valence-corrected chi connectivity index (χ3v) is 5.70. The van der Waals surface area contributed by atoms with Crippen LogP contribution in [0.15, 0.2) is 0 Å². The van der Waals surface area contributed by atoms with E-state index in [1.54, 1.807) is 0 Å². The molecule has 0 saturated carbocycles. The Morgan fingerprint density at radius 1 is 1.39 bits per heavy atom. The Kier molecular flexibility index (Phi) is 5.16. The maximum absolute atomic E-state index is 11.9. The molecule has 1 atom stereocenters. The molecule has 0 aromatic carbocycles. The second kappa shape index (κ2) is 6.02. The van der Waals surface area contributed by atoms with Gasteiger partial charge < -0.3 is 10.4 Å². The van der Waals surface area contributed by atoms with Crippen molar-refractivity contribution in [3.05, 3.63) is 0 Å². The van der Waals surface area contributed by atoms with Crippen LogP contribution >= 0.6 is 0 Å². The zero-order valence-corrected chi connectivity index (χ0v) is 11.9. The molecule has 0 aromatic heterocycles. The molecule has 2 N–H and O–H groups in total. The zero-order chi connectivity index (χ0) is 13.8. The van der Waals surface area contributed by atoms with Crippen molar-refractivity contribution in [2.24, 2.45) is 5.92 Å². The van der Waals surface area contributed by atoms with Crippen LogP contribution in [0.4, 0.5) is 0 Å². The van der Waals surface area contributed by atoms with Gasteiger partial charge in [-0.25, -0.2) is 8.42 Å². The molecule has 1 rings (SSSR count). The van der Waals surface area contributed by atoms with Crippen molar-refractivity contribution in [2.75, 3.05) is 18.1 Å². The van der Waals surface area contributed by atoms with Crippen molar-refractivity contribution in [3.8, 4) is 0 Å². The van der Waals surface area contributed by atoms with Crippen LogP contribution in [-0.4, -0.2) is 43.1 Å². The fraction of sp³-hybridized carbons (Fsp3) is 0.917. The molecule has 6 heteroatoms. The first-order valence-electron chi connectivity index (χ1n) is 6.48. The number of nitrogens with one attached hydrogen (secondary N) is 1. The van der Waals surface area contributed by atoms with E-state index in [1.165, 1.54) is 0 Å². The summed E-state index contributed by atoms with van der Waals surface area (Å²) in [5.74, 6) is 0.0811. The molecule has 1 unspecified atom stereocenters. The molecule has 1 amide bonds. The summed E-state index contributed by atoms with van der Waals surface area (Å²) in [6.07, 6.45) is 2.13. The first-order valence-corrected chi connectivity index (χ1v) is 8.31. The SMILES string of the molecule is CCC(CC)(CO)NC(=O)CC1CCS(=O)(=O)C1. The fourth-order valence-corrected chi connectivity index (χ4v) is 4.19. The van der Waals surface area contributed by atoms with Crippen molar-refractivity contribution in [1.29, 1.82) is 0 Å². The van der Waals surface area contributed by atoms with E-state index < -0.39 is 15.4 Å². The lowest BCUT2D eigenvalue weighted by Crippen LogP contribution is -2.50. The largest absolute Gasteiger partial charge is 0.394 e. The maximum atomic E-state index is 11.9. The highest BCUT2D eigenvalue weighted by molar-refractivity contribution is 7.91. The van der Waals surface area contributed by atoms with Gasteiger partial charge in [0.2, 0.25) is 5.91 Å². The Balaban J connectivity index is 2.52. The Morgan fingerprint density at radius 3 is 2.39 bits per heavy atom. The number of hydrogen-bond donors (Lipinski definition) is 2. The Bertz CT molecular complexity index is 379. The van der Waals surface area contributed by atoms with E-state index in [0.29, 0.717) is 19.3 Å². The summed E-state index contributed by atoms with van der Waals surface area (Å²) in [6, 6.07) is 0. The topological polar surface area (TPSA) is 83.5 Å². The highest BCUT2D eigenvalue weighted by atomic mass is 32.2. The standard InChI is InChI=1S/C12H23NO4S/c1-3-12(4-2,9-14)13-11(15)7-10-5-6-18(16,17)8-10/h10,14H,3-9H2,1-2H3,(H,13,15). The van der Waals surface area contributed by atoms with Crippen LogP contribution in [0.5, 0.6) is 0 Å². The number of aliphatic hydroxyl groups is 1. The number of hydrogen-bond acceptors (Lipinski definition) is 4.